The van der Waals surface area contributed by atoms with Crippen LogP contribution < -0.4 is 4.90 Å². The van der Waals surface area contributed by atoms with E-state index in [9.17, 15) is 4.79 Å². The van der Waals surface area contributed by atoms with E-state index < -0.39 is 0 Å². The van der Waals surface area contributed by atoms with E-state index in [1.165, 1.54) is 5.56 Å². The summed E-state index contributed by atoms with van der Waals surface area (Å²) in [5, 5.41) is 0. The SMILES string of the molecule is CC1CN(CC(=O)N2CCc3ccccc32)CCO1. The maximum atomic E-state index is 12.4. The fraction of sp³-hybridized carbons (Fsp3) is 0.533. The average molecular weight is 260 g/mol. The molecule has 4 heteroatoms. The number of rotatable bonds is 2. The number of morpholine rings is 1. The average Bonchev–Trinajstić information content (AvgIpc) is 2.82. The van der Waals surface area contributed by atoms with Gasteiger partial charge < -0.3 is 9.64 Å². The number of ether oxygens (including phenoxy) is 1. The molecule has 1 saturated heterocycles. The quantitative estimate of drug-likeness (QED) is 0.803. The van der Waals surface area contributed by atoms with Crippen molar-refractivity contribution in [3.8, 4) is 0 Å². The molecule has 3 rings (SSSR count). The molecule has 0 aromatic heterocycles. The summed E-state index contributed by atoms with van der Waals surface area (Å²) in [6, 6.07) is 8.19. The van der Waals surface area contributed by atoms with Crippen molar-refractivity contribution in [2.45, 2.75) is 19.4 Å². The molecule has 4 nitrogen and oxygen atoms in total. The molecule has 2 aliphatic rings. The Morgan fingerprint density at radius 2 is 2.21 bits per heavy atom. The Kier molecular flexibility index (Phi) is 3.53. The minimum atomic E-state index is 0.207. The molecule has 0 N–H and O–H groups in total. The maximum Gasteiger partial charge on any atom is 0.241 e. The van der Waals surface area contributed by atoms with Crippen molar-refractivity contribution in [2.75, 3.05) is 37.7 Å². The molecule has 102 valence electrons. The molecule has 0 aliphatic carbocycles. The first-order valence-electron chi connectivity index (χ1n) is 6.96. The first-order valence-corrected chi connectivity index (χ1v) is 6.96. The Morgan fingerprint density at radius 3 is 3.05 bits per heavy atom. The van der Waals surface area contributed by atoms with Crippen molar-refractivity contribution in [1.29, 1.82) is 0 Å². The molecule has 1 fully saturated rings. The molecule has 0 radical (unpaired) electrons. The number of amides is 1. The molecule has 1 aromatic rings. The van der Waals surface area contributed by atoms with E-state index in [0.29, 0.717) is 6.54 Å². The second-order valence-electron chi connectivity index (χ2n) is 5.34. The largest absolute Gasteiger partial charge is 0.376 e. The van der Waals surface area contributed by atoms with E-state index in [-0.39, 0.29) is 12.0 Å². The first kappa shape index (κ1) is 12.6. The number of benzene rings is 1. The number of anilines is 1. The van der Waals surface area contributed by atoms with Crippen LogP contribution in [0.5, 0.6) is 0 Å². The van der Waals surface area contributed by atoms with Gasteiger partial charge in [0.25, 0.3) is 0 Å². The lowest BCUT2D eigenvalue weighted by Gasteiger charge is -2.31. The summed E-state index contributed by atoms with van der Waals surface area (Å²) in [5.41, 5.74) is 2.38. The van der Waals surface area contributed by atoms with Crippen molar-refractivity contribution in [3.63, 3.8) is 0 Å². The summed E-state index contributed by atoms with van der Waals surface area (Å²) in [6.07, 6.45) is 1.20. The van der Waals surface area contributed by atoms with Crippen LogP contribution in [0.1, 0.15) is 12.5 Å². The van der Waals surface area contributed by atoms with Gasteiger partial charge >= 0.3 is 0 Å². The van der Waals surface area contributed by atoms with E-state index in [0.717, 1.165) is 38.3 Å². The lowest BCUT2D eigenvalue weighted by molar-refractivity contribution is -0.121. The summed E-state index contributed by atoms with van der Waals surface area (Å²) >= 11 is 0. The van der Waals surface area contributed by atoms with Gasteiger partial charge in [-0.25, -0.2) is 0 Å². The van der Waals surface area contributed by atoms with Crippen LogP contribution in [0.3, 0.4) is 0 Å². The number of hydrogen-bond acceptors (Lipinski definition) is 3. The maximum absolute atomic E-state index is 12.4. The van der Waals surface area contributed by atoms with Gasteiger partial charge in [-0.05, 0) is 25.0 Å². The molecule has 0 bridgehead atoms. The van der Waals surface area contributed by atoms with Gasteiger partial charge in [0.2, 0.25) is 5.91 Å². The molecule has 2 aliphatic heterocycles. The van der Waals surface area contributed by atoms with Gasteiger partial charge in [-0.3, -0.25) is 9.69 Å². The smallest absolute Gasteiger partial charge is 0.241 e. The van der Waals surface area contributed by atoms with Crippen molar-refractivity contribution in [2.24, 2.45) is 0 Å². The number of para-hydroxylation sites is 1. The highest BCUT2D eigenvalue weighted by Gasteiger charge is 2.26. The Hall–Kier alpha value is -1.39. The van der Waals surface area contributed by atoms with Gasteiger partial charge in [0.1, 0.15) is 0 Å². The Labute approximate surface area is 113 Å². The van der Waals surface area contributed by atoms with Crippen LogP contribution in [0.15, 0.2) is 24.3 Å². The van der Waals surface area contributed by atoms with Crippen LogP contribution in [0.2, 0.25) is 0 Å². The van der Waals surface area contributed by atoms with Crippen molar-refractivity contribution in [3.05, 3.63) is 29.8 Å². The zero-order chi connectivity index (χ0) is 13.2. The standard InChI is InChI=1S/C15H20N2O2/c1-12-10-16(8-9-19-12)11-15(18)17-7-6-13-4-2-3-5-14(13)17/h2-5,12H,6-11H2,1H3. The molecule has 1 atom stereocenters. The van der Waals surface area contributed by atoms with E-state index >= 15 is 0 Å². The van der Waals surface area contributed by atoms with Gasteiger partial charge in [0.05, 0.1) is 19.3 Å². The predicted octanol–water partition coefficient (Wildman–Crippen LogP) is 1.30. The summed E-state index contributed by atoms with van der Waals surface area (Å²) < 4.78 is 5.50. The van der Waals surface area contributed by atoms with Crippen LogP contribution in [-0.4, -0.2) is 49.7 Å². The number of carbonyl (C=O) groups excluding carboxylic acids is 1. The van der Waals surface area contributed by atoms with Crippen molar-refractivity contribution in [1.82, 2.24) is 4.90 Å². The molecule has 1 unspecified atom stereocenters. The second-order valence-corrected chi connectivity index (χ2v) is 5.34. The molecule has 2 heterocycles. The predicted molar refractivity (Wildman–Crippen MR) is 74.4 cm³/mol. The third kappa shape index (κ3) is 2.65. The van der Waals surface area contributed by atoms with Crippen molar-refractivity contribution < 1.29 is 9.53 Å². The summed E-state index contributed by atoms with van der Waals surface area (Å²) in [5.74, 6) is 0.207. The van der Waals surface area contributed by atoms with Gasteiger partial charge in [0, 0.05) is 25.3 Å². The lowest BCUT2D eigenvalue weighted by Crippen LogP contribution is -2.47. The van der Waals surface area contributed by atoms with E-state index in [1.54, 1.807) is 0 Å². The molecular weight excluding hydrogens is 240 g/mol. The van der Waals surface area contributed by atoms with Crippen LogP contribution in [0.4, 0.5) is 5.69 Å². The Morgan fingerprint density at radius 1 is 1.37 bits per heavy atom. The van der Waals surface area contributed by atoms with E-state index in [2.05, 4.69) is 17.9 Å². The second kappa shape index (κ2) is 5.31. The van der Waals surface area contributed by atoms with E-state index in [1.807, 2.05) is 23.1 Å². The minimum absolute atomic E-state index is 0.207. The van der Waals surface area contributed by atoms with Gasteiger partial charge in [-0.15, -0.1) is 0 Å². The third-order valence-electron chi connectivity index (χ3n) is 3.87. The van der Waals surface area contributed by atoms with Gasteiger partial charge in [-0.1, -0.05) is 18.2 Å². The van der Waals surface area contributed by atoms with Crippen molar-refractivity contribution >= 4 is 11.6 Å². The Balaban J connectivity index is 1.65. The van der Waals surface area contributed by atoms with Crippen LogP contribution in [-0.2, 0) is 16.0 Å². The topological polar surface area (TPSA) is 32.8 Å². The Bertz CT molecular complexity index is 475. The van der Waals surface area contributed by atoms with Gasteiger partial charge in [-0.2, -0.15) is 0 Å². The highest BCUT2D eigenvalue weighted by molar-refractivity contribution is 5.96. The monoisotopic (exact) mass is 260 g/mol. The summed E-state index contributed by atoms with van der Waals surface area (Å²) in [4.78, 5) is 16.5. The summed E-state index contributed by atoms with van der Waals surface area (Å²) in [6.45, 7) is 5.81. The minimum Gasteiger partial charge on any atom is -0.376 e. The highest BCUT2D eigenvalue weighted by atomic mass is 16.5. The fourth-order valence-electron chi connectivity index (χ4n) is 2.91. The third-order valence-corrected chi connectivity index (χ3v) is 3.87. The number of hydrogen-bond donors (Lipinski definition) is 0. The number of nitrogens with zero attached hydrogens (tertiary/aromatic N) is 2. The number of fused-ring (bicyclic) bond motifs is 1. The van der Waals surface area contributed by atoms with Crippen LogP contribution in [0.25, 0.3) is 0 Å². The molecular formula is C15H20N2O2. The first-order chi connectivity index (χ1) is 9.24. The summed E-state index contributed by atoms with van der Waals surface area (Å²) in [7, 11) is 0. The van der Waals surface area contributed by atoms with Crippen LogP contribution >= 0.6 is 0 Å². The lowest BCUT2D eigenvalue weighted by atomic mass is 10.2. The molecule has 0 spiro atoms. The number of carbonyl (C=O) groups is 1. The molecule has 1 amide bonds. The van der Waals surface area contributed by atoms with E-state index in [4.69, 9.17) is 4.74 Å². The molecule has 0 saturated carbocycles. The zero-order valence-corrected chi connectivity index (χ0v) is 11.3. The highest BCUT2D eigenvalue weighted by Crippen LogP contribution is 2.27. The fourth-order valence-corrected chi connectivity index (χ4v) is 2.91. The molecule has 19 heavy (non-hydrogen) atoms. The van der Waals surface area contributed by atoms with Crippen LogP contribution in [0, 0.1) is 0 Å². The van der Waals surface area contributed by atoms with Gasteiger partial charge in [0.15, 0.2) is 0 Å². The molecule has 1 aromatic carbocycles. The normalized spacial score (nSPS) is 23.4. The zero-order valence-electron chi connectivity index (χ0n) is 11.3.